The topological polar surface area (TPSA) is 94.8 Å². The van der Waals surface area contributed by atoms with Crippen molar-refractivity contribution in [1.82, 2.24) is 0 Å². The Balaban J connectivity index is 3.44. The smallest absolute Gasteiger partial charge is 0.336 e. The highest BCUT2D eigenvalue weighted by Crippen LogP contribution is 2.24. The van der Waals surface area contributed by atoms with Crippen molar-refractivity contribution >= 4 is 11.9 Å². The lowest BCUT2D eigenvalue weighted by Gasteiger charge is -2.07. The van der Waals surface area contributed by atoms with Crippen LogP contribution in [0.3, 0.4) is 0 Å². The van der Waals surface area contributed by atoms with E-state index in [1.54, 1.807) is 0 Å². The Morgan fingerprint density at radius 3 is 2.31 bits per heavy atom. The minimum Gasteiger partial charge on any atom is -0.508 e. The summed E-state index contributed by atoms with van der Waals surface area (Å²) in [5.41, 5.74) is -0.326. The molecule has 1 aromatic rings. The number of rotatable bonds is 4. The molecule has 0 aliphatic rings. The molecule has 0 heterocycles. The van der Waals surface area contributed by atoms with E-state index in [1.165, 1.54) is 6.08 Å². The lowest BCUT2D eigenvalue weighted by molar-refractivity contribution is 0.0695. The predicted molar refractivity (Wildman–Crippen MR) is 55.9 cm³/mol. The third kappa shape index (κ3) is 2.20. The second kappa shape index (κ2) is 4.48. The van der Waals surface area contributed by atoms with E-state index in [1.807, 2.05) is 0 Å². The highest BCUT2D eigenvalue weighted by atomic mass is 16.4. The molecule has 1 rings (SSSR count). The predicted octanol–water partition coefficient (Wildman–Crippen LogP) is 1.52. The number of phenols is 1. The third-order valence-corrected chi connectivity index (χ3v) is 2.05. The average molecular weight is 222 g/mol. The Bertz CT molecular complexity index is 462. The van der Waals surface area contributed by atoms with Crippen molar-refractivity contribution < 1.29 is 24.9 Å². The molecule has 0 amide bonds. The van der Waals surface area contributed by atoms with E-state index in [0.717, 1.165) is 12.1 Å². The Morgan fingerprint density at radius 1 is 1.25 bits per heavy atom. The normalized spacial score (nSPS) is 9.75. The molecule has 0 radical (unpaired) electrons. The molecule has 84 valence electrons. The molecule has 0 aromatic heterocycles. The number of benzene rings is 1. The van der Waals surface area contributed by atoms with Gasteiger partial charge in [0.2, 0.25) is 0 Å². The highest BCUT2D eigenvalue weighted by molar-refractivity contribution is 5.96. The van der Waals surface area contributed by atoms with Crippen molar-refractivity contribution in [1.29, 1.82) is 0 Å². The molecule has 0 fully saturated rings. The van der Waals surface area contributed by atoms with Crippen LogP contribution >= 0.6 is 0 Å². The fourth-order valence-electron chi connectivity index (χ4n) is 1.33. The van der Waals surface area contributed by atoms with E-state index in [4.69, 9.17) is 10.2 Å². The van der Waals surface area contributed by atoms with Gasteiger partial charge in [-0.05, 0) is 18.6 Å². The van der Waals surface area contributed by atoms with Crippen molar-refractivity contribution in [3.05, 3.63) is 41.5 Å². The molecule has 1 aromatic carbocycles. The van der Waals surface area contributed by atoms with Crippen molar-refractivity contribution in [2.75, 3.05) is 0 Å². The average Bonchev–Trinajstić information content (AvgIpc) is 2.20. The summed E-state index contributed by atoms with van der Waals surface area (Å²) in [6.45, 7) is 3.43. The lowest BCUT2D eigenvalue weighted by Crippen LogP contribution is -2.06. The van der Waals surface area contributed by atoms with Crippen LogP contribution < -0.4 is 0 Å². The number of phenolic OH excluding ortho intramolecular Hbond substituents is 1. The van der Waals surface area contributed by atoms with Gasteiger partial charge in [-0.15, -0.1) is 6.58 Å². The van der Waals surface area contributed by atoms with Gasteiger partial charge in [0, 0.05) is 5.56 Å². The van der Waals surface area contributed by atoms with Crippen molar-refractivity contribution in [2.45, 2.75) is 6.42 Å². The van der Waals surface area contributed by atoms with E-state index in [0.29, 0.717) is 0 Å². The molecular formula is C11H10O5. The minimum atomic E-state index is -1.29. The fraction of sp³-hybridized carbons (Fsp3) is 0.0909. The number of hydrogen-bond donors (Lipinski definition) is 3. The van der Waals surface area contributed by atoms with Gasteiger partial charge < -0.3 is 15.3 Å². The number of aromatic hydroxyl groups is 1. The number of hydrogen-bond acceptors (Lipinski definition) is 3. The molecule has 5 nitrogen and oxygen atoms in total. The fourth-order valence-corrected chi connectivity index (χ4v) is 1.33. The van der Waals surface area contributed by atoms with E-state index in [2.05, 4.69) is 6.58 Å². The van der Waals surface area contributed by atoms with Crippen LogP contribution in [0.5, 0.6) is 5.75 Å². The number of allylic oxidation sites excluding steroid dienone is 1. The molecule has 5 heteroatoms. The van der Waals surface area contributed by atoms with Gasteiger partial charge in [-0.2, -0.15) is 0 Å². The summed E-state index contributed by atoms with van der Waals surface area (Å²) in [5, 5.41) is 27.1. The van der Waals surface area contributed by atoms with E-state index in [9.17, 15) is 14.7 Å². The summed E-state index contributed by atoms with van der Waals surface area (Å²) < 4.78 is 0. The van der Waals surface area contributed by atoms with Gasteiger partial charge in [0.05, 0.1) is 11.1 Å². The van der Waals surface area contributed by atoms with Crippen LogP contribution in [-0.4, -0.2) is 27.3 Å². The second-order valence-corrected chi connectivity index (χ2v) is 3.12. The Morgan fingerprint density at radius 2 is 1.88 bits per heavy atom. The summed E-state index contributed by atoms with van der Waals surface area (Å²) >= 11 is 0. The maximum absolute atomic E-state index is 10.9. The maximum Gasteiger partial charge on any atom is 0.336 e. The SMILES string of the molecule is C=CCc1c(O)cc(C(=O)O)cc1C(=O)O. The first-order chi connectivity index (χ1) is 7.47. The van der Waals surface area contributed by atoms with Crippen molar-refractivity contribution in [3.63, 3.8) is 0 Å². The Labute approximate surface area is 91.3 Å². The van der Waals surface area contributed by atoms with Crippen LogP contribution in [-0.2, 0) is 6.42 Å². The van der Waals surface area contributed by atoms with Gasteiger partial charge in [-0.3, -0.25) is 0 Å². The maximum atomic E-state index is 10.9. The molecule has 0 atom stereocenters. The standard InChI is InChI=1S/C11H10O5/c1-2-3-7-8(11(15)16)4-6(10(13)14)5-9(7)12/h2,4-5,12H,1,3H2,(H,13,14)(H,15,16). The number of carbonyl (C=O) groups is 2. The molecular weight excluding hydrogens is 212 g/mol. The molecule has 16 heavy (non-hydrogen) atoms. The molecule has 0 unspecified atom stereocenters. The van der Waals surface area contributed by atoms with Crippen LogP contribution in [0.25, 0.3) is 0 Å². The molecule has 0 aliphatic carbocycles. The lowest BCUT2D eigenvalue weighted by atomic mass is 10.00. The van der Waals surface area contributed by atoms with Crippen LogP contribution in [0, 0.1) is 0 Å². The zero-order chi connectivity index (χ0) is 12.3. The van der Waals surface area contributed by atoms with E-state index < -0.39 is 11.9 Å². The van der Waals surface area contributed by atoms with E-state index in [-0.39, 0.29) is 28.9 Å². The van der Waals surface area contributed by atoms with Crippen LogP contribution in [0.15, 0.2) is 24.8 Å². The molecule has 0 aliphatic heterocycles. The van der Waals surface area contributed by atoms with Gasteiger partial charge in [-0.25, -0.2) is 9.59 Å². The van der Waals surface area contributed by atoms with Crippen LogP contribution in [0.2, 0.25) is 0 Å². The monoisotopic (exact) mass is 222 g/mol. The number of aromatic carboxylic acids is 2. The third-order valence-electron chi connectivity index (χ3n) is 2.05. The summed E-state index contributed by atoms with van der Waals surface area (Å²) in [5.74, 6) is -2.92. The number of carboxylic acids is 2. The number of carboxylic acid groups (broad SMARTS) is 2. The highest BCUT2D eigenvalue weighted by Gasteiger charge is 2.17. The van der Waals surface area contributed by atoms with Gasteiger partial charge in [0.25, 0.3) is 0 Å². The summed E-state index contributed by atoms with van der Waals surface area (Å²) in [4.78, 5) is 21.6. The van der Waals surface area contributed by atoms with Gasteiger partial charge >= 0.3 is 11.9 Å². The van der Waals surface area contributed by atoms with Gasteiger partial charge in [0.1, 0.15) is 5.75 Å². The molecule has 0 bridgehead atoms. The van der Waals surface area contributed by atoms with Crippen molar-refractivity contribution in [3.8, 4) is 5.75 Å². The quantitative estimate of drug-likeness (QED) is 0.671. The largest absolute Gasteiger partial charge is 0.508 e. The first-order valence-electron chi connectivity index (χ1n) is 4.40. The van der Waals surface area contributed by atoms with Crippen LogP contribution in [0.4, 0.5) is 0 Å². The molecule has 0 saturated heterocycles. The summed E-state index contributed by atoms with van der Waals surface area (Å²) in [6, 6.07) is 2.04. The van der Waals surface area contributed by atoms with E-state index >= 15 is 0 Å². The zero-order valence-electron chi connectivity index (χ0n) is 8.30. The molecule has 0 spiro atoms. The zero-order valence-corrected chi connectivity index (χ0v) is 8.30. The molecule has 0 saturated carbocycles. The molecule has 3 N–H and O–H groups in total. The van der Waals surface area contributed by atoms with Crippen LogP contribution in [0.1, 0.15) is 26.3 Å². The first kappa shape index (κ1) is 11.8. The first-order valence-corrected chi connectivity index (χ1v) is 4.40. The Hall–Kier alpha value is -2.30. The van der Waals surface area contributed by atoms with Crippen molar-refractivity contribution in [2.24, 2.45) is 0 Å². The van der Waals surface area contributed by atoms with Gasteiger partial charge in [0.15, 0.2) is 0 Å². The summed E-state index contributed by atoms with van der Waals surface area (Å²) in [6.07, 6.45) is 1.59. The minimum absolute atomic E-state index is 0.160. The van der Waals surface area contributed by atoms with Gasteiger partial charge in [-0.1, -0.05) is 6.08 Å². The Kier molecular flexibility index (Phi) is 3.30. The second-order valence-electron chi connectivity index (χ2n) is 3.12. The summed E-state index contributed by atoms with van der Waals surface area (Å²) in [7, 11) is 0.